The number of hydrogen-bond acceptors (Lipinski definition) is 3. The lowest BCUT2D eigenvalue weighted by Gasteiger charge is -2.33. The second-order valence-electron chi connectivity index (χ2n) is 6.39. The van der Waals surface area contributed by atoms with Crippen LogP contribution in [0.3, 0.4) is 0 Å². The van der Waals surface area contributed by atoms with Crippen molar-refractivity contribution in [2.75, 3.05) is 30.4 Å². The summed E-state index contributed by atoms with van der Waals surface area (Å²) < 4.78 is 19.2. The summed E-state index contributed by atoms with van der Waals surface area (Å²) in [7, 11) is 1.76. The van der Waals surface area contributed by atoms with E-state index in [-0.39, 0.29) is 22.9 Å². The minimum atomic E-state index is -0.470. The van der Waals surface area contributed by atoms with Gasteiger partial charge in [0.15, 0.2) is 0 Å². The zero-order valence-corrected chi connectivity index (χ0v) is 15.4. The summed E-state index contributed by atoms with van der Waals surface area (Å²) in [6.45, 7) is 1.91. The third-order valence-electron chi connectivity index (χ3n) is 4.69. The number of carbonyl (C=O) groups excluding carboxylic acids is 1. The quantitative estimate of drug-likeness (QED) is 0.847. The number of anilines is 2. The number of hydrogen-bond donors (Lipinski definition) is 1. The lowest BCUT2D eigenvalue weighted by molar-refractivity contribution is -0.115. The molecule has 0 radical (unpaired) electrons. The highest BCUT2D eigenvalue weighted by molar-refractivity contribution is 6.31. The topological polar surface area (TPSA) is 41.6 Å². The van der Waals surface area contributed by atoms with Gasteiger partial charge in [-0.3, -0.25) is 4.79 Å². The van der Waals surface area contributed by atoms with Crippen molar-refractivity contribution < 1.29 is 13.9 Å². The number of halogens is 2. The van der Waals surface area contributed by atoms with Gasteiger partial charge in [-0.1, -0.05) is 17.7 Å². The van der Waals surface area contributed by atoms with Gasteiger partial charge in [0, 0.05) is 42.2 Å². The fourth-order valence-electron chi connectivity index (χ4n) is 3.17. The zero-order chi connectivity index (χ0) is 18.5. The van der Waals surface area contributed by atoms with Crippen molar-refractivity contribution in [1.29, 1.82) is 0 Å². The van der Waals surface area contributed by atoms with E-state index in [9.17, 15) is 9.18 Å². The lowest BCUT2D eigenvalue weighted by Crippen LogP contribution is -2.36. The highest BCUT2D eigenvalue weighted by Gasteiger charge is 2.19. The third-order valence-corrected chi connectivity index (χ3v) is 5.04. The van der Waals surface area contributed by atoms with Crippen molar-refractivity contribution >= 4 is 28.9 Å². The maximum absolute atomic E-state index is 13.8. The number of ether oxygens (including phenoxy) is 1. The molecule has 0 saturated carbocycles. The van der Waals surface area contributed by atoms with Crippen LogP contribution in [0.2, 0.25) is 5.02 Å². The standard InChI is InChI=1S/C20H22ClFN2O2/c1-26-16-9-11-24(12-10-16)15-7-5-14(6-8-15)23-20(25)13-17-18(21)3-2-4-19(17)22/h2-8,16H,9-13H2,1H3,(H,23,25). The Hall–Kier alpha value is -2.11. The van der Waals surface area contributed by atoms with Gasteiger partial charge in [-0.2, -0.15) is 0 Å². The van der Waals surface area contributed by atoms with Crippen molar-refractivity contribution in [3.05, 3.63) is 58.9 Å². The number of piperidine rings is 1. The van der Waals surface area contributed by atoms with Crippen LogP contribution in [-0.2, 0) is 16.0 Å². The average Bonchev–Trinajstić information content (AvgIpc) is 2.66. The fraction of sp³-hybridized carbons (Fsp3) is 0.350. The predicted molar refractivity (Wildman–Crippen MR) is 102 cm³/mol. The molecule has 0 aromatic heterocycles. The van der Waals surface area contributed by atoms with E-state index >= 15 is 0 Å². The molecule has 138 valence electrons. The Kier molecular flexibility index (Phi) is 6.12. The second kappa shape index (κ2) is 8.52. The van der Waals surface area contributed by atoms with Gasteiger partial charge in [0.05, 0.1) is 12.5 Å². The molecule has 0 unspecified atom stereocenters. The van der Waals surface area contributed by atoms with Crippen LogP contribution >= 0.6 is 11.6 Å². The van der Waals surface area contributed by atoms with Crippen LogP contribution in [0, 0.1) is 5.82 Å². The Bertz CT molecular complexity index is 739. The molecule has 3 rings (SSSR count). The monoisotopic (exact) mass is 376 g/mol. The molecule has 1 N–H and O–H groups in total. The van der Waals surface area contributed by atoms with E-state index in [1.807, 2.05) is 24.3 Å². The average molecular weight is 377 g/mol. The molecule has 2 aromatic rings. The molecular formula is C20H22ClFN2O2. The number of nitrogens with zero attached hydrogens (tertiary/aromatic N) is 1. The van der Waals surface area contributed by atoms with E-state index in [0.29, 0.717) is 11.8 Å². The number of rotatable bonds is 5. The first-order valence-corrected chi connectivity index (χ1v) is 9.05. The maximum atomic E-state index is 13.8. The van der Waals surface area contributed by atoms with Gasteiger partial charge in [0.1, 0.15) is 5.82 Å². The summed E-state index contributed by atoms with van der Waals surface area (Å²) in [5.41, 5.74) is 2.01. The normalized spacial score (nSPS) is 15.1. The number of amides is 1. The fourth-order valence-corrected chi connectivity index (χ4v) is 3.40. The molecule has 1 saturated heterocycles. The van der Waals surface area contributed by atoms with Gasteiger partial charge < -0.3 is 15.0 Å². The van der Waals surface area contributed by atoms with Crippen LogP contribution in [0.25, 0.3) is 0 Å². The molecule has 0 atom stereocenters. The molecule has 0 aliphatic carbocycles. The molecule has 26 heavy (non-hydrogen) atoms. The molecule has 1 fully saturated rings. The largest absolute Gasteiger partial charge is 0.381 e. The van der Waals surface area contributed by atoms with Crippen molar-refractivity contribution in [2.45, 2.75) is 25.4 Å². The lowest BCUT2D eigenvalue weighted by atomic mass is 10.1. The van der Waals surface area contributed by atoms with Crippen LogP contribution in [0.5, 0.6) is 0 Å². The first-order chi connectivity index (χ1) is 12.6. The summed E-state index contributed by atoms with van der Waals surface area (Å²) in [6.07, 6.45) is 2.27. The predicted octanol–water partition coefficient (Wildman–Crippen LogP) is 4.28. The van der Waals surface area contributed by atoms with Gasteiger partial charge in [-0.15, -0.1) is 0 Å². The smallest absolute Gasteiger partial charge is 0.228 e. The van der Waals surface area contributed by atoms with E-state index in [4.69, 9.17) is 16.3 Å². The summed E-state index contributed by atoms with van der Waals surface area (Å²) >= 11 is 5.97. The van der Waals surface area contributed by atoms with E-state index in [2.05, 4.69) is 10.2 Å². The highest BCUT2D eigenvalue weighted by atomic mass is 35.5. The summed E-state index contributed by atoms with van der Waals surface area (Å²) in [4.78, 5) is 14.5. The summed E-state index contributed by atoms with van der Waals surface area (Å²) in [5, 5.41) is 3.05. The highest BCUT2D eigenvalue weighted by Crippen LogP contribution is 2.24. The molecule has 1 heterocycles. The van der Waals surface area contributed by atoms with Crippen LogP contribution in [-0.4, -0.2) is 32.2 Å². The SMILES string of the molecule is COC1CCN(c2ccc(NC(=O)Cc3c(F)cccc3Cl)cc2)CC1. The van der Waals surface area contributed by atoms with Crippen molar-refractivity contribution in [3.63, 3.8) is 0 Å². The number of methoxy groups -OCH3 is 1. The van der Waals surface area contributed by atoms with Gasteiger partial charge in [0.2, 0.25) is 5.91 Å². The maximum Gasteiger partial charge on any atom is 0.228 e. The number of carbonyl (C=O) groups is 1. The molecule has 1 aliphatic rings. The third kappa shape index (κ3) is 4.54. The van der Waals surface area contributed by atoms with E-state index in [1.165, 1.54) is 12.1 Å². The molecule has 0 spiro atoms. The van der Waals surface area contributed by atoms with Crippen LogP contribution in [0.1, 0.15) is 18.4 Å². The Labute approximate surface area is 157 Å². The summed E-state index contributed by atoms with van der Waals surface area (Å²) in [6, 6.07) is 12.1. The van der Waals surface area contributed by atoms with Gasteiger partial charge in [-0.25, -0.2) is 4.39 Å². The van der Waals surface area contributed by atoms with E-state index in [0.717, 1.165) is 31.6 Å². The molecule has 1 amide bonds. The van der Waals surface area contributed by atoms with E-state index < -0.39 is 5.82 Å². The molecule has 2 aromatic carbocycles. The van der Waals surface area contributed by atoms with Gasteiger partial charge >= 0.3 is 0 Å². The molecule has 6 heteroatoms. The second-order valence-corrected chi connectivity index (χ2v) is 6.80. The molecule has 4 nitrogen and oxygen atoms in total. The Morgan fingerprint density at radius 2 is 1.92 bits per heavy atom. The van der Waals surface area contributed by atoms with Crippen LogP contribution in [0.15, 0.2) is 42.5 Å². The first kappa shape index (κ1) is 18.7. The van der Waals surface area contributed by atoms with Gasteiger partial charge in [0.25, 0.3) is 0 Å². The number of benzene rings is 2. The minimum Gasteiger partial charge on any atom is -0.381 e. The van der Waals surface area contributed by atoms with Crippen LogP contribution in [0.4, 0.5) is 15.8 Å². The van der Waals surface area contributed by atoms with E-state index in [1.54, 1.807) is 13.2 Å². The zero-order valence-electron chi connectivity index (χ0n) is 14.7. The Balaban J connectivity index is 1.58. The first-order valence-electron chi connectivity index (χ1n) is 8.67. The van der Waals surface area contributed by atoms with Crippen molar-refractivity contribution in [3.8, 4) is 0 Å². The number of nitrogens with one attached hydrogen (secondary N) is 1. The van der Waals surface area contributed by atoms with Crippen molar-refractivity contribution in [1.82, 2.24) is 0 Å². The van der Waals surface area contributed by atoms with Crippen LogP contribution < -0.4 is 10.2 Å². The Morgan fingerprint density at radius 3 is 2.54 bits per heavy atom. The Morgan fingerprint density at radius 1 is 1.23 bits per heavy atom. The van der Waals surface area contributed by atoms with Gasteiger partial charge in [-0.05, 0) is 49.2 Å². The molecular weight excluding hydrogens is 355 g/mol. The minimum absolute atomic E-state index is 0.0994. The molecule has 1 aliphatic heterocycles. The van der Waals surface area contributed by atoms with Crippen molar-refractivity contribution in [2.24, 2.45) is 0 Å². The summed E-state index contributed by atoms with van der Waals surface area (Å²) in [5.74, 6) is -0.770. The molecule has 0 bridgehead atoms.